The predicted molar refractivity (Wildman–Crippen MR) is 39.4 cm³/mol. The lowest BCUT2D eigenvalue weighted by Crippen LogP contribution is -2.25. The fraction of sp³-hybridized carbons (Fsp3) is 0.286. The van der Waals surface area contributed by atoms with Crippen LogP contribution in [0.4, 0.5) is 4.79 Å². The average Bonchev–Trinajstić information content (AvgIpc) is 2.30. The van der Waals surface area contributed by atoms with Gasteiger partial charge in [0.25, 0.3) is 0 Å². The molecule has 1 rings (SSSR count). The molecule has 0 aliphatic carbocycles. The van der Waals surface area contributed by atoms with Gasteiger partial charge >= 0.3 is 6.03 Å². The molecule has 1 atom stereocenters. The zero-order valence-corrected chi connectivity index (χ0v) is 5.71. The van der Waals surface area contributed by atoms with E-state index in [1.54, 1.807) is 6.08 Å². The van der Waals surface area contributed by atoms with E-state index in [-0.39, 0.29) is 12.1 Å². The molecule has 0 aromatic carbocycles. The molecule has 3 heteroatoms. The first-order valence-corrected chi connectivity index (χ1v) is 3.10. The van der Waals surface area contributed by atoms with Crippen LogP contribution < -0.4 is 5.32 Å². The molecule has 3 nitrogen and oxygen atoms in total. The van der Waals surface area contributed by atoms with Gasteiger partial charge in [-0.25, -0.2) is 4.79 Å². The second-order valence-corrected chi connectivity index (χ2v) is 2.13. The van der Waals surface area contributed by atoms with E-state index in [1.807, 2.05) is 0 Å². The molecule has 1 N–H and O–H groups in total. The van der Waals surface area contributed by atoms with Crippen LogP contribution in [0.5, 0.6) is 0 Å². The van der Waals surface area contributed by atoms with Crippen LogP contribution in [-0.4, -0.2) is 23.5 Å². The summed E-state index contributed by atoms with van der Waals surface area (Å²) in [6.45, 7) is 7.71. The van der Waals surface area contributed by atoms with E-state index >= 15 is 0 Å². The fourth-order valence-electron chi connectivity index (χ4n) is 0.873. The van der Waals surface area contributed by atoms with Gasteiger partial charge < -0.3 is 5.32 Å². The molecule has 1 unspecified atom stereocenters. The molecule has 1 fully saturated rings. The quantitative estimate of drug-likeness (QED) is 0.560. The van der Waals surface area contributed by atoms with Gasteiger partial charge in [-0.05, 0) is 0 Å². The van der Waals surface area contributed by atoms with Crippen molar-refractivity contribution in [2.75, 3.05) is 6.54 Å². The van der Waals surface area contributed by atoms with Crippen molar-refractivity contribution in [3.8, 4) is 0 Å². The van der Waals surface area contributed by atoms with Gasteiger partial charge in [-0.15, -0.1) is 6.58 Å². The van der Waals surface area contributed by atoms with Gasteiger partial charge in [-0.2, -0.15) is 0 Å². The zero-order chi connectivity index (χ0) is 7.56. The minimum absolute atomic E-state index is 0.0745. The topological polar surface area (TPSA) is 32.3 Å². The highest BCUT2D eigenvalue weighted by Gasteiger charge is 2.23. The summed E-state index contributed by atoms with van der Waals surface area (Å²) in [6, 6.07) is -0.0228. The minimum atomic E-state index is -0.0973. The van der Waals surface area contributed by atoms with Crippen molar-refractivity contribution < 1.29 is 4.79 Å². The highest BCUT2D eigenvalue weighted by Crippen LogP contribution is 2.03. The third kappa shape index (κ3) is 1.03. The van der Waals surface area contributed by atoms with Gasteiger partial charge in [-0.3, -0.25) is 4.90 Å². The molecule has 0 spiro atoms. The van der Waals surface area contributed by atoms with Crippen molar-refractivity contribution in [1.82, 2.24) is 10.2 Å². The molecule has 0 aromatic rings. The Morgan fingerprint density at radius 3 is 2.70 bits per heavy atom. The number of nitrogens with one attached hydrogen (secondary N) is 1. The van der Waals surface area contributed by atoms with Crippen LogP contribution in [0, 0.1) is 0 Å². The summed E-state index contributed by atoms with van der Waals surface area (Å²) in [5, 5.41) is 2.70. The summed E-state index contributed by atoms with van der Waals surface area (Å²) in [7, 11) is 0. The summed E-state index contributed by atoms with van der Waals surface area (Å²) in [6.07, 6.45) is 3.22. The highest BCUT2D eigenvalue weighted by atomic mass is 16.2. The van der Waals surface area contributed by atoms with Crippen LogP contribution in [0.15, 0.2) is 25.4 Å². The van der Waals surface area contributed by atoms with Crippen LogP contribution >= 0.6 is 0 Å². The molecule has 10 heavy (non-hydrogen) atoms. The van der Waals surface area contributed by atoms with Crippen molar-refractivity contribution >= 4 is 6.03 Å². The van der Waals surface area contributed by atoms with E-state index in [0.29, 0.717) is 6.54 Å². The van der Waals surface area contributed by atoms with Crippen LogP contribution in [0.3, 0.4) is 0 Å². The van der Waals surface area contributed by atoms with Crippen molar-refractivity contribution in [1.29, 1.82) is 0 Å². The SMILES string of the molecule is C=CC1CN(C=C)C(=O)N1. The molecule has 2 amide bonds. The Morgan fingerprint density at radius 1 is 1.70 bits per heavy atom. The summed E-state index contributed by atoms with van der Waals surface area (Å²) in [4.78, 5) is 12.4. The first kappa shape index (κ1) is 6.86. The molecule has 1 heterocycles. The first-order valence-electron chi connectivity index (χ1n) is 3.10. The van der Waals surface area contributed by atoms with Crippen molar-refractivity contribution in [2.45, 2.75) is 6.04 Å². The van der Waals surface area contributed by atoms with Gasteiger partial charge in [0.1, 0.15) is 0 Å². The number of amides is 2. The number of hydrogen-bond acceptors (Lipinski definition) is 1. The standard InChI is InChI=1S/C7H10N2O/c1-3-6-5-9(4-2)7(10)8-6/h3-4,6H,1-2,5H2,(H,8,10). The lowest BCUT2D eigenvalue weighted by atomic mass is 10.3. The van der Waals surface area contributed by atoms with Gasteiger partial charge in [0, 0.05) is 6.20 Å². The van der Waals surface area contributed by atoms with Crippen molar-refractivity contribution in [2.24, 2.45) is 0 Å². The second-order valence-electron chi connectivity index (χ2n) is 2.13. The van der Waals surface area contributed by atoms with Gasteiger partial charge in [0.05, 0.1) is 12.6 Å². The highest BCUT2D eigenvalue weighted by molar-refractivity contribution is 5.78. The monoisotopic (exact) mass is 138 g/mol. The van der Waals surface area contributed by atoms with E-state index in [1.165, 1.54) is 11.1 Å². The van der Waals surface area contributed by atoms with Crippen LogP contribution in [0.2, 0.25) is 0 Å². The Hall–Kier alpha value is -1.25. The molecule has 54 valence electrons. The number of nitrogens with zero attached hydrogens (tertiary/aromatic N) is 1. The average molecular weight is 138 g/mol. The third-order valence-corrected chi connectivity index (χ3v) is 1.47. The number of urea groups is 1. The van der Waals surface area contributed by atoms with Crippen LogP contribution in [0.1, 0.15) is 0 Å². The second kappa shape index (κ2) is 2.56. The number of rotatable bonds is 2. The number of hydrogen-bond donors (Lipinski definition) is 1. The smallest absolute Gasteiger partial charge is 0.321 e. The Labute approximate surface area is 60.0 Å². The van der Waals surface area contributed by atoms with E-state index in [9.17, 15) is 4.79 Å². The maximum absolute atomic E-state index is 10.9. The Morgan fingerprint density at radius 2 is 2.40 bits per heavy atom. The Kier molecular flexibility index (Phi) is 1.76. The first-order chi connectivity index (χ1) is 4.77. The number of carbonyl (C=O) groups is 1. The predicted octanol–water partition coefficient (Wildman–Crippen LogP) is 0.710. The zero-order valence-electron chi connectivity index (χ0n) is 5.71. The molecular weight excluding hydrogens is 128 g/mol. The van der Waals surface area contributed by atoms with Crippen molar-refractivity contribution in [3.05, 3.63) is 25.4 Å². The maximum Gasteiger partial charge on any atom is 0.321 e. The summed E-state index contributed by atoms with van der Waals surface area (Å²) < 4.78 is 0. The molecule has 0 saturated carbocycles. The van der Waals surface area contributed by atoms with Crippen LogP contribution in [0.25, 0.3) is 0 Å². The van der Waals surface area contributed by atoms with Crippen molar-refractivity contribution in [3.63, 3.8) is 0 Å². The van der Waals surface area contributed by atoms with E-state index in [0.717, 1.165) is 0 Å². The molecule has 0 radical (unpaired) electrons. The molecular formula is C7H10N2O. The lowest BCUT2D eigenvalue weighted by molar-refractivity contribution is 0.230. The van der Waals surface area contributed by atoms with E-state index in [2.05, 4.69) is 18.5 Å². The Bertz CT molecular complexity index is 176. The van der Waals surface area contributed by atoms with E-state index in [4.69, 9.17) is 0 Å². The largest absolute Gasteiger partial charge is 0.330 e. The summed E-state index contributed by atoms with van der Waals surface area (Å²) in [5.41, 5.74) is 0. The van der Waals surface area contributed by atoms with E-state index < -0.39 is 0 Å². The summed E-state index contributed by atoms with van der Waals surface area (Å²) >= 11 is 0. The normalized spacial score (nSPS) is 24.2. The van der Waals surface area contributed by atoms with Gasteiger partial charge in [0.15, 0.2) is 0 Å². The summed E-state index contributed by atoms with van der Waals surface area (Å²) in [5.74, 6) is 0. The molecule has 0 bridgehead atoms. The lowest BCUT2D eigenvalue weighted by Gasteiger charge is -2.04. The van der Waals surface area contributed by atoms with Gasteiger partial charge in [0.2, 0.25) is 0 Å². The molecule has 1 aliphatic heterocycles. The molecule has 1 saturated heterocycles. The van der Waals surface area contributed by atoms with Crippen LogP contribution in [-0.2, 0) is 0 Å². The minimum Gasteiger partial charge on any atom is -0.330 e. The van der Waals surface area contributed by atoms with Gasteiger partial charge in [-0.1, -0.05) is 12.7 Å². The molecule has 0 aromatic heterocycles. The molecule has 1 aliphatic rings. The Balaban J connectivity index is 2.60. The fourth-order valence-corrected chi connectivity index (χ4v) is 0.873. The number of carbonyl (C=O) groups excluding carboxylic acids is 1. The third-order valence-electron chi connectivity index (χ3n) is 1.47. The maximum atomic E-state index is 10.9.